The Balaban J connectivity index is 2.82. The van der Waals surface area contributed by atoms with Crippen LogP contribution in [0.1, 0.15) is 25.5 Å². The van der Waals surface area contributed by atoms with Crippen molar-refractivity contribution in [2.24, 2.45) is 0 Å². The molecule has 1 unspecified atom stereocenters. The minimum absolute atomic E-state index is 0.0404. The van der Waals surface area contributed by atoms with E-state index in [1.807, 2.05) is 0 Å². The molecule has 0 bridgehead atoms. The maximum Gasteiger partial charge on any atom is 0.163 e. The van der Waals surface area contributed by atoms with Gasteiger partial charge in [-0.15, -0.1) is 0 Å². The van der Waals surface area contributed by atoms with Crippen LogP contribution < -0.4 is 5.32 Å². The number of halogens is 2. The molecule has 0 spiro atoms. The highest BCUT2D eigenvalue weighted by atomic mass is 19.2. The first-order valence-electron chi connectivity index (χ1n) is 4.87. The lowest BCUT2D eigenvalue weighted by molar-refractivity contribution is 0.242. The van der Waals surface area contributed by atoms with Crippen molar-refractivity contribution in [2.45, 2.75) is 25.9 Å². The third-order valence-corrected chi connectivity index (χ3v) is 2.26. The SMILES string of the molecule is CC(N[C@H](C)CO)c1cccc(F)c1F. The predicted octanol–water partition coefficient (Wildman–Crippen LogP) is 2.00. The van der Waals surface area contributed by atoms with Gasteiger partial charge in [0.2, 0.25) is 0 Å². The van der Waals surface area contributed by atoms with Crippen molar-refractivity contribution < 1.29 is 13.9 Å². The van der Waals surface area contributed by atoms with E-state index in [1.165, 1.54) is 12.1 Å². The Labute approximate surface area is 87.9 Å². The maximum absolute atomic E-state index is 13.3. The number of hydrogen-bond acceptors (Lipinski definition) is 2. The number of benzene rings is 1. The van der Waals surface area contributed by atoms with Crippen molar-refractivity contribution in [1.82, 2.24) is 5.32 Å². The Kier molecular flexibility index (Phi) is 4.17. The lowest BCUT2D eigenvalue weighted by atomic mass is 10.1. The molecule has 4 heteroatoms. The second kappa shape index (κ2) is 5.19. The van der Waals surface area contributed by atoms with E-state index >= 15 is 0 Å². The van der Waals surface area contributed by atoms with Crippen LogP contribution in [0.3, 0.4) is 0 Å². The summed E-state index contributed by atoms with van der Waals surface area (Å²) < 4.78 is 26.2. The molecule has 0 aliphatic rings. The van der Waals surface area contributed by atoms with Crippen molar-refractivity contribution in [3.05, 3.63) is 35.4 Å². The fourth-order valence-corrected chi connectivity index (χ4v) is 1.42. The summed E-state index contributed by atoms with van der Waals surface area (Å²) in [5.41, 5.74) is 0.273. The number of rotatable bonds is 4. The number of nitrogens with one attached hydrogen (secondary N) is 1. The minimum Gasteiger partial charge on any atom is -0.395 e. The first-order valence-corrected chi connectivity index (χ1v) is 4.87. The molecule has 0 amide bonds. The molecular formula is C11H15F2NO. The standard InChI is InChI=1S/C11H15F2NO/c1-7(6-15)14-8(2)9-4-3-5-10(12)11(9)13/h3-5,7-8,14-15H,6H2,1-2H3/t7-,8?/m1/s1. The lowest BCUT2D eigenvalue weighted by Gasteiger charge is -2.19. The average Bonchev–Trinajstić information content (AvgIpc) is 2.21. The van der Waals surface area contributed by atoms with E-state index < -0.39 is 11.6 Å². The number of aliphatic hydroxyl groups excluding tert-OH is 1. The Hall–Kier alpha value is -1.00. The third-order valence-electron chi connectivity index (χ3n) is 2.26. The van der Waals surface area contributed by atoms with Gasteiger partial charge in [-0.25, -0.2) is 8.78 Å². The second-order valence-corrected chi connectivity index (χ2v) is 3.62. The zero-order valence-electron chi connectivity index (χ0n) is 8.80. The summed E-state index contributed by atoms with van der Waals surface area (Å²) in [6.07, 6.45) is 0. The van der Waals surface area contributed by atoms with Crippen LogP contribution >= 0.6 is 0 Å². The van der Waals surface area contributed by atoms with Gasteiger partial charge in [0.15, 0.2) is 11.6 Å². The van der Waals surface area contributed by atoms with Gasteiger partial charge in [-0.2, -0.15) is 0 Å². The van der Waals surface area contributed by atoms with E-state index in [4.69, 9.17) is 5.11 Å². The van der Waals surface area contributed by atoms with Gasteiger partial charge < -0.3 is 10.4 Å². The van der Waals surface area contributed by atoms with Gasteiger partial charge in [-0.05, 0) is 19.9 Å². The largest absolute Gasteiger partial charge is 0.395 e. The van der Waals surface area contributed by atoms with Crippen LogP contribution in [0.25, 0.3) is 0 Å². The summed E-state index contributed by atoms with van der Waals surface area (Å²) in [6, 6.07) is 3.60. The molecule has 15 heavy (non-hydrogen) atoms. The number of hydrogen-bond donors (Lipinski definition) is 2. The van der Waals surface area contributed by atoms with E-state index in [9.17, 15) is 8.78 Å². The molecule has 2 N–H and O–H groups in total. The van der Waals surface area contributed by atoms with Gasteiger partial charge >= 0.3 is 0 Å². The molecule has 0 aromatic heterocycles. The summed E-state index contributed by atoms with van der Waals surface area (Å²) in [7, 11) is 0. The van der Waals surface area contributed by atoms with Crippen LogP contribution in [-0.4, -0.2) is 17.8 Å². The summed E-state index contributed by atoms with van der Waals surface area (Å²) >= 11 is 0. The minimum atomic E-state index is -0.849. The van der Waals surface area contributed by atoms with Gasteiger partial charge in [0.05, 0.1) is 6.61 Å². The first kappa shape index (κ1) is 12.1. The van der Waals surface area contributed by atoms with E-state index in [-0.39, 0.29) is 24.3 Å². The molecule has 84 valence electrons. The van der Waals surface area contributed by atoms with Gasteiger partial charge in [-0.1, -0.05) is 12.1 Å². The quantitative estimate of drug-likeness (QED) is 0.805. The first-order chi connectivity index (χ1) is 7.06. The molecule has 0 radical (unpaired) electrons. The summed E-state index contributed by atoms with van der Waals surface area (Å²) in [5, 5.41) is 11.8. The van der Waals surface area contributed by atoms with Crippen molar-refractivity contribution in [2.75, 3.05) is 6.61 Å². The molecule has 0 heterocycles. The van der Waals surface area contributed by atoms with E-state index in [0.29, 0.717) is 0 Å². The Morgan fingerprint density at radius 3 is 2.60 bits per heavy atom. The van der Waals surface area contributed by atoms with Crippen molar-refractivity contribution in [3.8, 4) is 0 Å². The normalized spacial score (nSPS) is 15.0. The molecule has 0 aliphatic heterocycles. The molecule has 1 rings (SSSR count). The van der Waals surface area contributed by atoms with Crippen LogP contribution in [0.2, 0.25) is 0 Å². The predicted molar refractivity (Wildman–Crippen MR) is 54.5 cm³/mol. The van der Waals surface area contributed by atoms with E-state index in [0.717, 1.165) is 6.07 Å². The lowest BCUT2D eigenvalue weighted by Crippen LogP contribution is -2.32. The van der Waals surface area contributed by atoms with Crippen LogP contribution in [0.4, 0.5) is 8.78 Å². The molecule has 2 atom stereocenters. The van der Waals surface area contributed by atoms with Crippen molar-refractivity contribution in [3.63, 3.8) is 0 Å². The molecule has 0 saturated heterocycles. The van der Waals surface area contributed by atoms with Crippen LogP contribution in [0.15, 0.2) is 18.2 Å². The van der Waals surface area contributed by atoms with E-state index in [1.54, 1.807) is 13.8 Å². The molecule has 1 aromatic rings. The molecule has 0 saturated carbocycles. The third kappa shape index (κ3) is 2.97. The van der Waals surface area contributed by atoms with Gasteiger partial charge in [0.25, 0.3) is 0 Å². The molecular weight excluding hydrogens is 200 g/mol. The fourth-order valence-electron chi connectivity index (χ4n) is 1.42. The zero-order valence-corrected chi connectivity index (χ0v) is 8.80. The average molecular weight is 215 g/mol. The Bertz CT molecular complexity index is 330. The van der Waals surface area contributed by atoms with E-state index in [2.05, 4.69) is 5.32 Å². The van der Waals surface area contributed by atoms with Gasteiger partial charge in [0.1, 0.15) is 0 Å². The molecule has 1 aromatic carbocycles. The smallest absolute Gasteiger partial charge is 0.163 e. The van der Waals surface area contributed by atoms with Gasteiger partial charge in [-0.3, -0.25) is 0 Å². The van der Waals surface area contributed by atoms with Crippen molar-refractivity contribution in [1.29, 1.82) is 0 Å². The van der Waals surface area contributed by atoms with Gasteiger partial charge in [0, 0.05) is 17.6 Å². The fraction of sp³-hybridized carbons (Fsp3) is 0.455. The summed E-state index contributed by atoms with van der Waals surface area (Å²) in [6.45, 7) is 3.46. The monoisotopic (exact) mass is 215 g/mol. The van der Waals surface area contributed by atoms with Crippen LogP contribution in [-0.2, 0) is 0 Å². The summed E-state index contributed by atoms with van der Waals surface area (Å²) in [5.74, 6) is -1.68. The topological polar surface area (TPSA) is 32.3 Å². The Morgan fingerprint density at radius 2 is 2.00 bits per heavy atom. The highest BCUT2D eigenvalue weighted by Gasteiger charge is 2.15. The van der Waals surface area contributed by atoms with Crippen LogP contribution in [0, 0.1) is 11.6 Å². The van der Waals surface area contributed by atoms with Crippen LogP contribution in [0.5, 0.6) is 0 Å². The second-order valence-electron chi connectivity index (χ2n) is 3.62. The maximum atomic E-state index is 13.3. The zero-order chi connectivity index (χ0) is 11.4. The molecule has 2 nitrogen and oxygen atoms in total. The molecule has 0 fully saturated rings. The number of aliphatic hydroxyl groups is 1. The highest BCUT2D eigenvalue weighted by molar-refractivity contribution is 5.22. The summed E-state index contributed by atoms with van der Waals surface area (Å²) in [4.78, 5) is 0. The highest BCUT2D eigenvalue weighted by Crippen LogP contribution is 2.19. The van der Waals surface area contributed by atoms with Crippen molar-refractivity contribution >= 4 is 0 Å². The Morgan fingerprint density at radius 1 is 1.33 bits per heavy atom. The molecule has 0 aliphatic carbocycles.